The molecule has 1 fully saturated rings. The summed E-state index contributed by atoms with van der Waals surface area (Å²) in [4.78, 5) is 24.1. The number of nitrogen functional groups attached to an aromatic ring is 1. The average molecular weight is 461 g/mol. The first-order valence-electron chi connectivity index (χ1n) is 10.4. The molecule has 0 amide bonds. The van der Waals surface area contributed by atoms with Gasteiger partial charge in [-0.1, -0.05) is 43.6 Å². The Kier molecular flexibility index (Phi) is 4.65. The highest BCUT2D eigenvalue weighted by atomic mass is 35.5. The Hall–Kier alpha value is -3.90. The molecule has 10 heteroatoms. The van der Waals surface area contributed by atoms with E-state index in [0.29, 0.717) is 45.7 Å². The second-order valence-corrected chi connectivity index (χ2v) is 9.20. The molecule has 3 aromatic heterocycles. The zero-order chi connectivity index (χ0) is 23.5. The lowest BCUT2D eigenvalue weighted by atomic mass is 9.74. The number of hydrogen-bond donors (Lipinski definition) is 1. The lowest BCUT2D eigenvalue weighted by Gasteiger charge is -2.54. The number of halogens is 1. The van der Waals surface area contributed by atoms with Gasteiger partial charge in [-0.3, -0.25) is 9.36 Å². The number of aryl methyl sites for hydroxylation is 1. The topological polar surface area (TPSA) is 118 Å². The van der Waals surface area contributed by atoms with Gasteiger partial charge in [0.2, 0.25) is 5.95 Å². The Morgan fingerprint density at radius 2 is 1.94 bits per heavy atom. The van der Waals surface area contributed by atoms with E-state index in [1.807, 2.05) is 35.2 Å². The number of aromatic nitrogens is 5. The van der Waals surface area contributed by atoms with Crippen molar-refractivity contribution in [2.75, 3.05) is 17.2 Å². The Labute approximate surface area is 194 Å². The lowest BCUT2D eigenvalue weighted by Crippen LogP contribution is -2.58. The summed E-state index contributed by atoms with van der Waals surface area (Å²) in [6, 6.07) is 12.8. The molecule has 5 rings (SSSR count). The molecule has 0 radical (unpaired) electrons. The highest BCUT2D eigenvalue weighted by Gasteiger charge is 2.51. The fraction of sp³-hybridized carbons (Fsp3) is 0.261. The van der Waals surface area contributed by atoms with Crippen molar-refractivity contribution in [2.24, 2.45) is 5.41 Å². The third-order valence-electron chi connectivity index (χ3n) is 6.02. The minimum Gasteiger partial charge on any atom is -0.368 e. The summed E-state index contributed by atoms with van der Waals surface area (Å²) in [7, 11) is 0. The van der Waals surface area contributed by atoms with Gasteiger partial charge < -0.3 is 10.6 Å². The normalized spacial score (nSPS) is 17.1. The second kappa shape index (κ2) is 7.32. The van der Waals surface area contributed by atoms with Gasteiger partial charge in [0.25, 0.3) is 5.56 Å². The number of hydrogen-bond acceptors (Lipinski definition) is 7. The average Bonchev–Trinajstić information content (AvgIpc) is 3.13. The Morgan fingerprint density at radius 1 is 1.21 bits per heavy atom. The van der Waals surface area contributed by atoms with Gasteiger partial charge in [0.05, 0.1) is 22.4 Å². The number of benzene rings is 1. The van der Waals surface area contributed by atoms with Crippen LogP contribution in [0.5, 0.6) is 0 Å². The fourth-order valence-electron chi connectivity index (χ4n) is 4.58. The predicted octanol–water partition coefficient (Wildman–Crippen LogP) is 3.28. The first kappa shape index (κ1) is 21.0. The predicted molar refractivity (Wildman–Crippen MR) is 126 cm³/mol. The zero-order valence-corrected chi connectivity index (χ0v) is 19.1. The molecule has 1 atom stereocenters. The van der Waals surface area contributed by atoms with E-state index in [2.05, 4.69) is 29.9 Å². The molecule has 33 heavy (non-hydrogen) atoms. The van der Waals surface area contributed by atoms with E-state index in [1.165, 1.54) is 4.52 Å². The van der Waals surface area contributed by atoms with E-state index < -0.39 is 0 Å². The van der Waals surface area contributed by atoms with Crippen LogP contribution in [0, 0.1) is 23.7 Å². The van der Waals surface area contributed by atoms with Crippen LogP contribution in [0.15, 0.2) is 47.4 Å². The molecule has 4 heterocycles. The van der Waals surface area contributed by atoms with Crippen molar-refractivity contribution >= 4 is 28.9 Å². The maximum Gasteiger partial charge on any atom is 0.284 e. The van der Waals surface area contributed by atoms with Crippen molar-refractivity contribution in [2.45, 2.75) is 26.8 Å². The molecule has 2 N–H and O–H groups in total. The van der Waals surface area contributed by atoms with Crippen LogP contribution in [-0.4, -0.2) is 30.7 Å². The molecule has 1 saturated heterocycles. The Bertz CT molecular complexity index is 1500. The summed E-state index contributed by atoms with van der Waals surface area (Å²) in [5, 5.41) is 14.9. The van der Waals surface area contributed by atoms with Crippen molar-refractivity contribution in [3.8, 4) is 11.8 Å². The number of fused-ring (bicyclic) bond motifs is 1. The number of nitrogens with zero attached hydrogens (tertiary/aromatic N) is 7. The van der Waals surface area contributed by atoms with Crippen LogP contribution in [0.25, 0.3) is 11.2 Å². The Morgan fingerprint density at radius 3 is 2.61 bits per heavy atom. The summed E-state index contributed by atoms with van der Waals surface area (Å²) in [6.45, 7) is 6.50. The first-order chi connectivity index (χ1) is 15.7. The molecule has 9 nitrogen and oxygen atoms in total. The molecule has 0 spiro atoms. The molecule has 166 valence electrons. The number of nitriles is 1. The van der Waals surface area contributed by atoms with Crippen LogP contribution in [0.3, 0.4) is 0 Å². The molecule has 0 saturated carbocycles. The van der Waals surface area contributed by atoms with Gasteiger partial charge in [-0.05, 0) is 25.1 Å². The van der Waals surface area contributed by atoms with Crippen LogP contribution in [0.4, 0.5) is 11.8 Å². The molecule has 0 aliphatic carbocycles. The molecule has 0 bridgehead atoms. The third kappa shape index (κ3) is 3.14. The largest absolute Gasteiger partial charge is 0.368 e. The lowest BCUT2D eigenvalue weighted by molar-refractivity contribution is 0.166. The van der Waals surface area contributed by atoms with Crippen molar-refractivity contribution in [3.05, 3.63) is 75.1 Å². The summed E-state index contributed by atoms with van der Waals surface area (Å²) < 4.78 is 3.10. The van der Waals surface area contributed by atoms with Crippen LogP contribution < -0.4 is 16.2 Å². The Balaban J connectivity index is 1.80. The quantitative estimate of drug-likeness (QED) is 0.498. The number of nitrogens with two attached hydrogens (primary N) is 1. The number of rotatable bonds is 3. The highest BCUT2D eigenvalue weighted by molar-refractivity contribution is 6.33. The van der Waals surface area contributed by atoms with E-state index >= 15 is 0 Å². The standard InChI is InChI=1S/C23H21ClN8O/c1-13-15(11-25)19(28-22(26)27-13)30-12-23(2,3)18(30)20-29-31-10-9-16(24)17(31)21(33)32(20)14-7-5-4-6-8-14/h4-10,18H,12H2,1-3H3,(H2,26,27,28). The zero-order valence-electron chi connectivity index (χ0n) is 18.3. The van der Waals surface area contributed by atoms with Gasteiger partial charge in [0.15, 0.2) is 11.6 Å². The molecule has 1 aliphatic heterocycles. The van der Waals surface area contributed by atoms with Gasteiger partial charge in [-0.2, -0.15) is 15.3 Å². The van der Waals surface area contributed by atoms with E-state index in [0.717, 1.165) is 0 Å². The van der Waals surface area contributed by atoms with Gasteiger partial charge in [0.1, 0.15) is 17.1 Å². The summed E-state index contributed by atoms with van der Waals surface area (Å²) in [6.07, 6.45) is 1.67. The number of para-hydroxylation sites is 1. The van der Waals surface area contributed by atoms with E-state index in [4.69, 9.17) is 22.4 Å². The van der Waals surface area contributed by atoms with Gasteiger partial charge >= 0.3 is 0 Å². The van der Waals surface area contributed by atoms with Crippen LogP contribution in [0.1, 0.15) is 37.0 Å². The van der Waals surface area contributed by atoms with Crippen molar-refractivity contribution in [1.82, 2.24) is 24.1 Å². The first-order valence-corrected chi connectivity index (χ1v) is 10.8. The van der Waals surface area contributed by atoms with Gasteiger partial charge in [-0.25, -0.2) is 9.50 Å². The van der Waals surface area contributed by atoms with Gasteiger partial charge in [-0.15, -0.1) is 0 Å². The van der Waals surface area contributed by atoms with E-state index in [-0.39, 0.29) is 23.0 Å². The van der Waals surface area contributed by atoms with E-state index in [1.54, 1.807) is 23.8 Å². The minimum absolute atomic E-state index is 0.0889. The summed E-state index contributed by atoms with van der Waals surface area (Å²) in [5.74, 6) is 1.04. The summed E-state index contributed by atoms with van der Waals surface area (Å²) in [5.41, 5.74) is 7.20. The fourth-order valence-corrected chi connectivity index (χ4v) is 4.80. The maximum absolute atomic E-state index is 13.7. The number of anilines is 2. The molecule has 1 aliphatic rings. The van der Waals surface area contributed by atoms with Crippen molar-refractivity contribution < 1.29 is 0 Å². The second-order valence-electron chi connectivity index (χ2n) is 8.79. The van der Waals surface area contributed by atoms with Crippen LogP contribution in [0.2, 0.25) is 5.02 Å². The van der Waals surface area contributed by atoms with Crippen molar-refractivity contribution in [1.29, 1.82) is 5.26 Å². The van der Waals surface area contributed by atoms with Crippen LogP contribution in [-0.2, 0) is 0 Å². The van der Waals surface area contributed by atoms with Crippen LogP contribution >= 0.6 is 11.6 Å². The molecule has 1 aromatic carbocycles. The molecular weight excluding hydrogens is 440 g/mol. The minimum atomic E-state index is -0.364. The van der Waals surface area contributed by atoms with Gasteiger partial charge in [0, 0.05) is 18.2 Å². The smallest absolute Gasteiger partial charge is 0.284 e. The third-order valence-corrected chi connectivity index (χ3v) is 6.33. The highest BCUT2D eigenvalue weighted by Crippen LogP contribution is 2.50. The molecule has 4 aromatic rings. The SMILES string of the molecule is Cc1nc(N)nc(N2CC(C)(C)C2c2nn3ccc(Cl)c3c(=O)n2-c2ccccc2)c1C#N. The molecule has 1 unspecified atom stereocenters. The van der Waals surface area contributed by atoms with Crippen molar-refractivity contribution in [3.63, 3.8) is 0 Å². The van der Waals surface area contributed by atoms with E-state index in [9.17, 15) is 10.1 Å². The summed E-state index contributed by atoms with van der Waals surface area (Å²) >= 11 is 6.32. The monoisotopic (exact) mass is 460 g/mol. The molecular formula is C23H21ClN8O. The maximum atomic E-state index is 13.7.